The lowest BCUT2D eigenvalue weighted by atomic mass is 9.77. The highest BCUT2D eigenvalue weighted by Crippen LogP contribution is 2.48. The standard InChI is InChI=1S/C71H83B2N5O6.HI/c1-9-44-77-64-29-17-13-25-60(64)70(5,6)66(77)41-35-54-23-19-24-55(36-42-67-71(7,8)61-26-14-18-30-65(61)78(67)45-10-2)68(54)84-59-39-37-58(38-40-59)76(50-57-22-12-16-28-63(57)73(82)83)48-53-33-31-52(32-34-53)47-75(46-20-43-74-69(79)51(3)4)49-56-21-11-15-27-62(56)72(80)81;/h11-18,21-22,25-42,80-83H,3,9-10,19-20,23-24,43-50H2,1-2,4-8H3;1H. The molecular formula is C71H84B2IN5O6. The van der Waals surface area contributed by atoms with Crippen LogP contribution in [-0.4, -0.2) is 81.6 Å². The van der Waals surface area contributed by atoms with Gasteiger partial charge in [0.1, 0.15) is 18.1 Å². The quantitative estimate of drug-likeness (QED) is 0.0127. The minimum atomic E-state index is -1.63. The molecule has 5 N–H and O–H groups in total. The zero-order chi connectivity index (χ0) is 59.5. The number of nitrogens with zero attached hydrogens (tertiary/aromatic N) is 4. The zero-order valence-electron chi connectivity index (χ0n) is 50.7. The fourth-order valence-electron chi connectivity index (χ4n) is 12.4. The van der Waals surface area contributed by atoms with Gasteiger partial charge in [-0.3, -0.25) is 9.69 Å². The third-order valence-corrected chi connectivity index (χ3v) is 16.8. The van der Waals surface area contributed by atoms with Crippen molar-refractivity contribution in [2.75, 3.05) is 36.0 Å². The van der Waals surface area contributed by atoms with Crippen molar-refractivity contribution in [3.05, 3.63) is 238 Å². The van der Waals surface area contributed by atoms with E-state index in [1.54, 1.807) is 25.1 Å². The summed E-state index contributed by atoms with van der Waals surface area (Å²) in [6.07, 6.45) is 14.8. The number of para-hydroxylation sites is 2. The van der Waals surface area contributed by atoms with Gasteiger partial charge >= 0.3 is 14.2 Å². The van der Waals surface area contributed by atoms with Crippen molar-refractivity contribution in [3.8, 4) is 5.75 Å². The van der Waals surface area contributed by atoms with E-state index >= 15 is 0 Å². The molecule has 0 bridgehead atoms. The number of rotatable bonds is 25. The van der Waals surface area contributed by atoms with Crippen LogP contribution in [0.2, 0.25) is 0 Å². The van der Waals surface area contributed by atoms with E-state index in [1.807, 2.05) is 30.3 Å². The molecule has 9 rings (SSSR count). The zero-order valence-corrected chi connectivity index (χ0v) is 52.9. The van der Waals surface area contributed by atoms with Gasteiger partial charge in [-0.1, -0.05) is 150 Å². The number of fused-ring (bicyclic) bond motifs is 2. The third-order valence-electron chi connectivity index (χ3n) is 16.8. The monoisotopic (exact) mass is 1250 g/mol. The molecule has 0 aromatic heterocycles. The number of ether oxygens (including phenoxy) is 1. The first-order valence-electron chi connectivity index (χ1n) is 30.1. The van der Waals surface area contributed by atoms with E-state index in [-0.39, 0.29) is 40.7 Å². The summed E-state index contributed by atoms with van der Waals surface area (Å²) in [5, 5.41) is 44.4. The van der Waals surface area contributed by atoms with Gasteiger partial charge in [0.2, 0.25) is 11.6 Å². The van der Waals surface area contributed by atoms with Crippen LogP contribution in [0.15, 0.2) is 205 Å². The maximum atomic E-state index is 12.3. The summed E-state index contributed by atoms with van der Waals surface area (Å²) in [6.45, 7) is 24.3. The number of nitrogens with one attached hydrogen (secondary N) is 1. The molecule has 0 saturated carbocycles. The van der Waals surface area contributed by atoms with Crippen molar-refractivity contribution < 1.29 is 58.2 Å². The lowest BCUT2D eigenvalue weighted by Gasteiger charge is -2.28. The van der Waals surface area contributed by atoms with Gasteiger partial charge in [-0.15, -0.1) is 0 Å². The summed E-state index contributed by atoms with van der Waals surface area (Å²) < 4.78 is 9.72. The predicted molar refractivity (Wildman–Crippen MR) is 345 cm³/mol. The van der Waals surface area contributed by atoms with Crippen LogP contribution in [0.3, 0.4) is 0 Å². The third kappa shape index (κ3) is 15.1. The molecule has 6 aromatic carbocycles. The van der Waals surface area contributed by atoms with E-state index in [1.165, 1.54) is 45.1 Å². The van der Waals surface area contributed by atoms with E-state index in [2.05, 4.69) is 194 Å². The number of anilines is 2. The number of carbonyl (C=O) groups is 1. The lowest BCUT2D eigenvalue weighted by molar-refractivity contribution is -0.437. The fourth-order valence-corrected chi connectivity index (χ4v) is 12.4. The Morgan fingerprint density at radius 2 is 1.32 bits per heavy atom. The second-order valence-electron chi connectivity index (χ2n) is 23.8. The molecule has 1 amide bonds. The highest BCUT2D eigenvalue weighted by Gasteiger charge is 2.44. The highest BCUT2D eigenvalue weighted by atomic mass is 127. The van der Waals surface area contributed by atoms with Crippen LogP contribution in [0.5, 0.6) is 5.75 Å². The van der Waals surface area contributed by atoms with Crippen molar-refractivity contribution in [2.24, 2.45) is 0 Å². The van der Waals surface area contributed by atoms with Gasteiger partial charge in [-0.05, 0) is 145 Å². The van der Waals surface area contributed by atoms with E-state index < -0.39 is 14.2 Å². The average molecular weight is 1250 g/mol. The molecular weight excluding hydrogens is 1170 g/mol. The van der Waals surface area contributed by atoms with Gasteiger partial charge in [-0.2, -0.15) is 4.58 Å². The summed E-state index contributed by atoms with van der Waals surface area (Å²) in [5.41, 5.74) is 15.9. The fraction of sp³-hybridized carbons (Fsp3) is 0.324. The molecule has 0 radical (unpaired) electrons. The van der Waals surface area contributed by atoms with E-state index in [9.17, 15) is 24.9 Å². The Bertz CT molecular complexity index is 3480. The number of amides is 1. The number of hydrogen-bond donors (Lipinski definition) is 5. The van der Waals surface area contributed by atoms with Crippen molar-refractivity contribution in [1.29, 1.82) is 0 Å². The Balaban J connectivity index is 0.00000940. The van der Waals surface area contributed by atoms with Gasteiger partial charge in [0.25, 0.3) is 0 Å². The molecule has 0 unspecified atom stereocenters. The van der Waals surface area contributed by atoms with Gasteiger partial charge in [0.15, 0.2) is 5.71 Å². The number of benzene rings is 6. The number of hydrogen-bond acceptors (Lipinski definition) is 9. The summed E-state index contributed by atoms with van der Waals surface area (Å²) in [5.74, 6) is 1.44. The minimum absolute atomic E-state index is 0. The van der Waals surface area contributed by atoms with E-state index in [0.717, 1.165) is 84.6 Å². The number of carbonyl (C=O) groups excluding carboxylic acids is 1. The minimum Gasteiger partial charge on any atom is -1.00 e. The van der Waals surface area contributed by atoms with Crippen LogP contribution in [0.4, 0.5) is 17.1 Å². The Hall–Kier alpha value is -6.78. The molecule has 85 heavy (non-hydrogen) atoms. The Morgan fingerprint density at radius 1 is 0.706 bits per heavy atom. The smallest absolute Gasteiger partial charge is 0.488 e. The lowest BCUT2D eigenvalue weighted by Crippen LogP contribution is -3.00. The van der Waals surface area contributed by atoms with Gasteiger partial charge in [-0.25, -0.2) is 0 Å². The van der Waals surface area contributed by atoms with Crippen molar-refractivity contribution in [1.82, 2.24) is 10.2 Å². The highest BCUT2D eigenvalue weighted by molar-refractivity contribution is 6.59. The summed E-state index contributed by atoms with van der Waals surface area (Å²) in [7, 11) is -3.23. The molecule has 0 atom stereocenters. The maximum absolute atomic E-state index is 12.3. The summed E-state index contributed by atoms with van der Waals surface area (Å²) in [4.78, 5) is 19.3. The molecule has 442 valence electrons. The molecule has 14 heteroatoms. The Labute approximate surface area is 522 Å². The molecule has 0 spiro atoms. The molecule has 1 aliphatic carbocycles. The second-order valence-corrected chi connectivity index (χ2v) is 23.8. The van der Waals surface area contributed by atoms with Crippen LogP contribution >= 0.6 is 0 Å². The normalized spacial score (nSPS) is 16.0. The molecule has 3 aliphatic rings. The molecule has 2 heterocycles. The van der Waals surface area contributed by atoms with Crippen molar-refractivity contribution in [3.63, 3.8) is 0 Å². The number of allylic oxidation sites excluding steroid dienone is 7. The molecule has 0 saturated heterocycles. The topological polar surface area (TPSA) is 132 Å². The van der Waals surface area contributed by atoms with Crippen LogP contribution < -0.4 is 54.8 Å². The maximum Gasteiger partial charge on any atom is 0.488 e. The van der Waals surface area contributed by atoms with E-state index in [0.29, 0.717) is 62.2 Å². The largest absolute Gasteiger partial charge is 1.00 e. The Morgan fingerprint density at radius 3 is 1.96 bits per heavy atom. The molecule has 2 aliphatic heterocycles. The number of halogens is 1. The van der Waals surface area contributed by atoms with Crippen LogP contribution in [0, 0.1) is 0 Å². The molecule has 11 nitrogen and oxygen atoms in total. The SMILES string of the molecule is C=C(C)C(=O)NCCCN(Cc1ccc(CN(Cc2ccccc2B(O)O)c2ccc(OC3=C(/C=C/C4=[N+](CCC)c5ccccc5C4(C)C)CCC/C3=C\C=C3\N(CCC)c4ccccc4C3(C)C)cc2)cc1)Cc1ccccc1B(O)O.[I-]. The second kappa shape index (κ2) is 29.1. The first-order valence-corrected chi connectivity index (χ1v) is 30.1. The van der Waals surface area contributed by atoms with Gasteiger partial charge in [0, 0.05) is 98.0 Å². The first kappa shape index (κ1) is 64.2. The predicted octanol–water partition coefficient (Wildman–Crippen LogP) is 8.22. The Kier molecular flexibility index (Phi) is 22.0. The van der Waals surface area contributed by atoms with E-state index in [4.69, 9.17) is 4.74 Å². The van der Waals surface area contributed by atoms with Crippen LogP contribution in [0.25, 0.3) is 0 Å². The van der Waals surface area contributed by atoms with Crippen LogP contribution in [0.1, 0.15) is 120 Å². The molecule has 0 fully saturated rings. The van der Waals surface area contributed by atoms with Crippen molar-refractivity contribution in [2.45, 2.75) is 124 Å². The van der Waals surface area contributed by atoms with Crippen molar-refractivity contribution >= 4 is 53.8 Å². The molecule has 6 aromatic rings. The first-order chi connectivity index (χ1) is 40.5. The summed E-state index contributed by atoms with van der Waals surface area (Å²) >= 11 is 0. The van der Waals surface area contributed by atoms with Gasteiger partial charge in [0.05, 0.1) is 5.41 Å². The average Bonchev–Trinajstić information content (AvgIpc) is 2.09. The summed E-state index contributed by atoms with van der Waals surface area (Å²) in [6, 6.07) is 49.3. The van der Waals surface area contributed by atoms with Gasteiger partial charge < -0.3 is 63.9 Å². The van der Waals surface area contributed by atoms with Crippen LogP contribution in [-0.2, 0) is 41.8 Å².